The molecular formula is C19H22FN3O. The molecule has 0 radical (unpaired) electrons. The van der Waals surface area contributed by atoms with Crippen LogP contribution in [0.4, 0.5) is 4.39 Å². The van der Waals surface area contributed by atoms with Gasteiger partial charge < -0.3 is 5.32 Å². The van der Waals surface area contributed by atoms with Crippen LogP contribution in [0.2, 0.25) is 0 Å². The molecule has 1 saturated heterocycles. The first-order valence-corrected chi connectivity index (χ1v) is 8.30. The summed E-state index contributed by atoms with van der Waals surface area (Å²) in [5.74, 6) is -0.401. The number of likely N-dealkylation sites (tertiary alicyclic amines) is 1. The number of carbonyl (C=O) groups excluding carboxylic acids is 1. The second-order valence-electron chi connectivity index (χ2n) is 6.34. The molecule has 126 valence electrons. The van der Waals surface area contributed by atoms with Gasteiger partial charge in [-0.1, -0.05) is 0 Å². The second kappa shape index (κ2) is 7.53. The Labute approximate surface area is 141 Å². The second-order valence-corrected chi connectivity index (χ2v) is 6.34. The third-order valence-electron chi connectivity index (χ3n) is 4.50. The van der Waals surface area contributed by atoms with E-state index < -0.39 is 0 Å². The Hall–Kier alpha value is -2.27. The van der Waals surface area contributed by atoms with Gasteiger partial charge in [-0.15, -0.1) is 0 Å². The lowest BCUT2D eigenvalue weighted by Crippen LogP contribution is -2.44. The summed E-state index contributed by atoms with van der Waals surface area (Å²) in [6, 6.07) is 8.73. The smallest absolute Gasteiger partial charge is 0.251 e. The number of hydrogen-bond acceptors (Lipinski definition) is 3. The molecule has 5 heteroatoms. The van der Waals surface area contributed by atoms with Gasteiger partial charge in [0.2, 0.25) is 0 Å². The topological polar surface area (TPSA) is 45.2 Å². The van der Waals surface area contributed by atoms with E-state index in [1.807, 2.05) is 24.5 Å². The largest absolute Gasteiger partial charge is 0.349 e. The molecule has 1 aliphatic rings. The maximum absolute atomic E-state index is 13.3. The third kappa shape index (κ3) is 4.17. The van der Waals surface area contributed by atoms with Crippen molar-refractivity contribution >= 4 is 5.91 Å². The Morgan fingerprint density at radius 1 is 1.25 bits per heavy atom. The highest BCUT2D eigenvalue weighted by Gasteiger charge is 2.21. The number of aryl methyl sites for hydroxylation is 1. The lowest BCUT2D eigenvalue weighted by Gasteiger charge is -2.32. The molecule has 24 heavy (non-hydrogen) atoms. The number of carbonyl (C=O) groups is 1. The van der Waals surface area contributed by atoms with E-state index in [2.05, 4.69) is 15.2 Å². The third-order valence-corrected chi connectivity index (χ3v) is 4.50. The molecular weight excluding hydrogens is 305 g/mol. The standard InChI is InChI=1S/C19H22FN3O/c1-14-12-16(2-3-18(14)20)19(24)22-17-6-10-23(11-7-17)13-15-4-8-21-9-5-15/h2-5,8-9,12,17H,6-7,10-11,13H2,1H3,(H,22,24). The van der Waals surface area contributed by atoms with E-state index in [-0.39, 0.29) is 17.8 Å². The fourth-order valence-corrected chi connectivity index (χ4v) is 3.04. The molecule has 1 amide bonds. The molecule has 0 bridgehead atoms. The van der Waals surface area contributed by atoms with Crippen molar-refractivity contribution in [2.45, 2.75) is 32.4 Å². The van der Waals surface area contributed by atoms with Gasteiger partial charge in [0.05, 0.1) is 0 Å². The summed E-state index contributed by atoms with van der Waals surface area (Å²) >= 11 is 0. The van der Waals surface area contributed by atoms with Gasteiger partial charge in [0.25, 0.3) is 5.91 Å². The molecule has 4 nitrogen and oxygen atoms in total. The number of halogens is 1. The number of nitrogens with one attached hydrogen (secondary N) is 1. The summed E-state index contributed by atoms with van der Waals surface area (Å²) in [6.07, 6.45) is 5.48. The molecule has 1 fully saturated rings. The van der Waals surface area contributed by atoms with Gasteiger partial charge >= 0.3 is 0 Å². The lowest BCUT2D eigenvalue weighted by atomic mass is 10.0. The maximum atomic E-state index is 13.3. The first-order valence-electron chi connectivity index (χ1n) is 8.30. The Morgan fingerprint density at radius 2 is 1.96 bits per heavy atom. The van der Waals surface area contributed by atoms with E-state index in [9.17, 15) is 9.18 Å². The highest BCUT2D eigenvalue weighted by molar-refractivity contribution is 5.94. The van der Waals surface area contributed by atoms with Crippen molar-refractivity contribution in [2.24, 2.45) is 0 Å². The van der Waals surface area contributed by atoms with Gasteiger partial charge in [0, 0.05) is 43.6 Å². The first-order chi connectivity index (χ1) is 11.6. The molecule has 0 unspecified atom stereocenters. The molecule has 2 heterocycles. The van der Waals surface area contributed by atoms with Crippen molar-refractivity contribution in [1.82, 2.24) is 15.2 Å². The van der Waals surface area contributed by atoms with Crippen molar-refractivity contribution in [1.29, 1.82) is 0 Å². The molecule has 1 aromatic heterocycles. The zero-order chi connectivity index (χ0) is 16.9. The minimum absolute atomic E-state index is 0.120. The summed E-state index contributed by atoms with van der Waals surface area (Å²) in [4.78, 5) is 18.7. The Bertz CT molecular complexity index is 697. The molecule has 0 aliphatic carbocycles. The normalized spacial score (nSPS) is 16.1. The van der Waals surface area contributed by atoms with E-state index in [1.54, 1.807) is 13.0 Å². The van der Waals surface area contributed by atoms with Crippen molar-refractivity contribution in [3.05, 3.63) is 65.2 Å². The number of benzene rings is 1. The van der Waals surface area contributed by atoms with Crippen LogP contribution in [0.5, 0.6) is 0 Å². The molecule has 0 atom stereocenters. The lowest BCUT2D eigenvalue weighted by molar-refractivity contribution is 0.0909. The van der Waals surface area contributed by atoms with Crippen LogP contribution in [0.3, 0.4) is 0 Å². The Morgan fingerprint density at radius 3 is 2.62 bits per heavy atom. The van der Waals surface area contributed by atoms with Crippen LogP contribution in [0.15, 0.2) is 42.7 Å². The number of aromatic nitrogens is 1. The Kier molecular flexibility index (Phi) is 5.20. The molecule has 0 saturated carbocycles. The van der Waals surface area contributed by atoms with Crippen molar-refractivity contribution in [3.63, 3.8) is 0 Å². The van der Waals surface area contributed by atoms with E-state index in [0.717, 1.165) is 32.5 Å². The van der Waals surface area contributed by atoms with Crippen LogP contribution >= 0.6 is 0 Å². The average molecular weight is 327 g/mol. The number of nitrogens with zero attached hydrogens (tertiary/aromatic N) is 2. The van der Waals surface area contributed by atoms with Crippen molar-refractivity contribution < 1.29 is 9.18 Å². The minimum Gasteiger partial charge on any atom is -0.349 e. The molecule has 1 N–H and O–H groups in total. The number of pyridine rings is 1. The predicted octanol–water partition coefficient (Wildman–Crippen LogP) is 2.92. The maximum Gasteiger partial charge on any atom is 0.251 e. The molecule has 2 aromatic rings. The zero-order valence-corrected chi connectivity index (χ0v) is 13.8. The summed E-state index contributed by atoms with van der Waals surface area (Å²) in [7, 11) is 0. The van der Waals surface area contributed by atoms with Crippen LogP contribution in [-0.4, -0.2) is 34.9 Å². The highest BCUT2D eigenvalue weighted by Crippen LogP contribution is 2.15. The van der Waals surface area contributed by atoms with Crippen molar-refractivity contribution in [2.75, 3.05) is 13.1 Å². The predicted molar refractivity (Wildman–Crippen MR) is 91.1 cm³/mol. The van der Waals surface area contributed by atoms with E-state index >= 15 is 0 Å². The molecule has 1 aromatic carbocycles. The first kappa shape index (κ1) is 16.6. The van der Waals surface area contributed by atoms with Gasteiger partial charge in [-0.25, -0.2) is 4.39 Å². The summed E-state index contributed by atoms with van der Waals surface area (Å²) < 4.78 is 13.3. The summed E-state index contributed by atoms with van der Waals surface area (Å²) in [6.45, 7) is 4.50. The van der Waals surface area contributed by atoms with Crippen LogP contribution < -0.4 is 5.32 Å². The van der Waals surface area contributed by atoms with Crippen LogP contribution in [0, 0.1) is 12.7 Å². The number of rotatable bonds is 4. The van der Waals surface area contributed by atoms with Gasteiger partial charge in [-0.05, 0) is 61.2 Å². The van der Waals surface area contributed by atoms with E-state index in [4.69, 9.17) is 0 Å². The fraction of sp³-hybridized carbons (Fsp3) is 0.368. The van der Waals surface area contributed by atoms with Gasteiger partial charge in [0.1, 0.15) is 5.82 Å². The quantitative estimate of drug-likeness (QED) is 0.939. The zero-order valence-electron chi connectivity index (χ0n) is 13.8. The molecule has 0 spiro atoms. The van der Waals surface area contributed by atoms with Crippen LogP contribution in [-0.2, 0) is 6.54 Å². The average Bonchev–Trinajstić information content (AvgIpc) is 2.60. The highest BCUT2D eigenvalue weighted by atomic mass is 19.1. The summed E-state index contributed by atoms with van der Waals surface area (Å²) in [5.41, 5.74) is 2.28. The van der Waals surface area contributed by atoms with Crippen molar-refractivity contribution in [3.8, 4) is 0 Å². The van der Waals surface area contributed by atoms with Gasteiger partial charge in [-0.2, -0.15) is 0 Å². The van der Waals surface area contributed by atoms with E-state index in [0.29, 0.717) is 11.1 Å². The number of piperidine rings is 1. The van der Waals surface area contributed by atoms with E-state index in [1.165, 1.54) is 17.7 Å². The van der Waals surface area contributed by atoms with Crippen LogP contribution in [0.1, 0.15) is 34.3 Å². The molecule has 1 aliphatic heterocycles. The summed E-state index contributed by atoms with van der Waals surface area (Å²) in [5, 5.41) is 3.07. The fourth-order valence-electron chi connectivity index (χ4n) is 3.04. The van der Waals surface area contributed by atoms with Gasteiger partial charge in [0.15, 0.2) is 0 Å². The Balaban J connectivity index is 1.50. The number of amides is 1. The van der Waals surface area contributed by atoms with Crippen LogP contribution in [0.25, 0.3) is 0 Å². The SMILES string of the molecule is Cc1cc(C(=O)NC2CCN(Cc3ccncc3)CC2)ccc1F. The van der Waals surface area contributed by atoms with Gasteiger partial charge in [-0.3, -0.25) is 14.7 Å². The monoisotopic (exact) mass is 327 g/mol. The molecule has 3 rings (SSSR count). The minimum atomic E-state index is -0.282. The number of hydrogen-bond donors (Lipinski definition) is 1.